The van der Waals surface area contributed by atoms with E-state index in [1.807, 2.05) is 54.5 Å². The number of aliphatic carboxylic acids is 1. The maximum absolute atomic E-state index is 12.9. The van der Waals surface area contributed by atoms with Gasteiger partial charge in [-0.2, -0.15) is 39.5 Å². The van der Waals surface area contributed by atoms with Crippen LogP contribution >= 0.6 is 34.0 Å². The van der Waals surface area contributed by atoms with Crippen LogP contribution in [0.1, 0.15) is 206 Å². The van der Waals surface area contributed by atoms with Crippen LogP contribution in [-0.2, 0) is 27.2 Å². The molecule has 4 atom stereocenters. The van der Waals surface area contributed by atoms with Crippen molar-refractivity contribution < 1.29 is 94.7 Å². The number of rotatable bonds is 16. The number of aryl methyl sites for hydroxylation is 1. The quantitative estimate of drug-likeness (QED) is 0.0469. The molecule has 4 N–H and O–H groups in total. The number of pyridine rings is 1. The Balaban J connectivity index is 0.000000207. The van der Waals surface area contributed by atoms with E-state index < -0.39 is 55.1 Å². The number of thiazole rings is 3. The maximum atomic E-state index is 12.9. The molecule has 30 heteroatoms. The molecule has 4 aromatic heterocycles. The van der Waals surface area contributed by atoms with Crippen LogP contribution in [0.5, 0.6) is 0 Å². The molecular weight excluding hydrogens is 1470 g/mol. The number of carboxylic acids is 1. The number of aliphatic imine (C=N–C) groups is 1. The fourth-order valence-corrected chi connectivity index (χ4v) is 17.6. The fourth-order valence-electron chi connectivity index (χ4n) is 14.2. The number of ketones is 1. The van der Waals surface area contributed by atoms with Gasteiger partial charge in [0.05, 0.1) is 70.6 Å². The van der Waals surface area contributed by atoms with E-state index in [-0.39, 0.29) is 77.5 Å². The minimum Gasteiger partial charge on any atom is -1.00 e. The zero-order chi connectivity index (χ0) is 76.3. The van der Waals surface area contributed by atoms with Crippen molar-refractivity contribution in [1.82, 2.24) is 44.9 Å². The standard InChI is InChI=1S/C26H34F3N3O2S.C21H28F3N3S.C21H26F3N3S.C10H12N2O3.B.Na.H/c1-17-5-7-21(32(16-17)24(33)34-25(2,3)4)19-6-8-22-20(15-19)30-23(35-22)18-9-12-31(13-10-18)14-11-26(27,28)29;2*1-14-2-4-17(25-13-14)16-3-5-19-18(12-16)26-20(28-19)15-6-9-27(10-7-15)11-8-21(22,23)24;1-2-7-3-6(5-12-9(7)11)4-8(13)10(14)15;;;/h6-8,15,17-18H,5,9-14,16H2,1-4H3;3,5,12,14-15,17,25H,2,4,6-11,13H2,1H3;3,5,12,14-15H,2,4,6-11,13H2,1H3;3,5H,2,4H2,1H3,(H2,11,12)(H,14,15);;;/q;;;;;+1;-1/t17-;14-,17+;14-;;;;/m000..../s1. The summed E-state index contributed by atoms with van der Waals surface area (Å²) in [6, 6.07) is 21.3. The molecule has 6 aliphatic rings. The van der Waals surface area contributed by atoms with Crippen LogP contribution in [0, 0.1) is 17.8 Å². The summed E-state index contributed by atoms with van der Waals surface area (Å²) in [4.78, 5) is 65.0. The third-order valence-electron chi connectivity index (χ3n) is 20.5. The molecule has 0 bridgehead atoms. The number of carbonyl (C=O) groups is 3. The summed E-state index contributed by atoms with van der Waals surface area (Å²) in [7, 11) is 0. The average Bonchev–Trinajstić information content (AvgIpc) is 1.76. The minimum atomic E-state index is -4.10. The molecule has 16 nitrogen and oxygen atoms in total. The first-order valence-electron chi connectivity index (χ1n) is 37.2. The summed E-state index contributed by atoms with van der Waals surface area (Å²) in [5, 5.41) is 15.4. The molecule has 0 aliphatic carbocycles. The number of anilines is 1. The van der Waals surface area contributed by atoms with E-state index in [0.717, 1.165) is 150 Å². The van der Waals surface area contributed by atoms with Gasteiger partial charge in [-0.1, -0.05) is 58.0 Å². The van der Waals surface area contributed by atoms with E-state index in [1.54, 1.807) is 45.0 Å². The van der Waals surface area contributed by atoms with Crippen LogP contribution in [0.4, 0.5) is 50.1 Å². The molecule has 108 heavy (non-hydrogen) atoms. The molecule has 4 saturated heterocycles. The number of piperidine rings is 4. The Bertz CT molecular complexity index is 4180. The predicted octanol–water partition coefficient (Wildman–Crippen LogP) is 15.3. The molecular formula is C78H101BF9N11NaO5S3. The van der Waals surface area contributed by atoms with Gasteiger partial charge in [0.1, 0.15) is 11.4 Å². The molecule has 10 heterocycles. The van der Waals surface area contributed by atoms with E-state index in [1.165, 1.54) is 51.7 Å². The van der Waals surface area contributed by atoms with Crippen molar-refractivity contribution in [1.29, 1.82) is 0 Å². The van der Waals surface area contributed by atoms with Crippen LogP contribution < -0.4 is 40.6 Å². The molecule has 0 spiro atoms. The summed E-state index contributed by atoms with van der Waals surface area (Å²) < 4.78 is 121. The molecule has 7 aromatic rings. The number of alkyl halides is 9. The Kier molecular flexibility index (Phi) is 31.9. The number of fused-ring (bicyclic) bond motifs is 3. The molecule has 3 radical (unpaired) electrons. The third kappa shape index (κ3) is 26.2. The number of benzene rings is 3. The van der Waals surface area contributed by atoms with Gasteiger partial charge >= 0.3 is 60.1 Å². The first-order chi connectivity index (χ1) is 50.2. The topological polar surface area (TPSA) is 196 Å². The minimum absolute atomic E-state index is 0. The number of nitrogens with one attached hydrogen (secondary N) is 1. The molecule has 1 amide bonds. The van der Waals surface area contributed by atoms with Crippen molar-refractivity contribution in [3.8, 4) is 0 Å². The summed E-state index contributed by atoms with van der Waals surface area (Å²) in [5.74, 6) is 0.909. The Morgan fingerprint density at radius 1 is 0.630 bits per heavy atom. The molecule has 0 saturated carbocycles. The first-order valence-corrected chi connectivity index (χ1v) is 39.7. The fraction of sp³-hybridized carbons (Fsp3) is 0.590. The molecule has 0 unspecified atom stereocenters. The number of nitrogens with zero attached hydrogens (tertiary/aromatic N) is 9. The van der Waals surface area contributed by atoms with Gasteiger partial charge in [0.15, 0.2) is 0 Å². The number of hydrogen-bond donors (Lipinski definition) is 3. The number of halogens is 9. The number of Topliss-reactive ketones (excluding diaryl/α,β-unsaturated/α-hetero) is 1. The second-order valence-electron chi connectivity index (χ2n) is 30.4. The predicted molar refractivity (Wildman–Crippen MR) is 411 cm³/mol. The first kappa shape index (κ1) is 87.9. The normalized spacial score (nSPS) is 20.6. The number of aromatic nitrogens is 4. The number of nitrogen functional groups attached to an aromatic ring is 1. The van der Waals surface area contributed by atoms with Crippen molar-refractivity contribution >= 4 is 108 Å². The molecule has 3 aromatic carbocycles. The second kappa shape index (κ2) is 39.2. The molecule has 6 aliphatic heterocycles. The van der Waals surface area contributed by atoms with Crippen molar-refractivity contribution in [2.24, 2.45) is 22.7 Å². The van der Waals surface area contributed by atoms with Gasteiger partial charge in [0.2, 0.25) is 5.78 Å². The summed E-state index contributed by atoms with van der Waals surface area (Å²) in [5.41, 5.74) is 14.9. The number of amides is 1. The van der Waals surface area contributed by atoms with Crippen LogP contribution in [-0.4, -0.2) is 179 Å². The Morgan fingerprint density at radius 3 is 1.54 bits per heavy atom. The number of allylic oxidation sites excluding steroid dienone is 1. The van der Waals surface area contributed by atoms with E-state index in [2.05, 4.69) is 79.6 Å². The van der Waals surface area contributed by atoms with Crippen molar-refractivity contribution in [3.05, 3.63) is 116 Å². The van der Waals surface area contributed by atoms with E-state index in [9.17, 15) is 53.9 Å². The van der Waals surface area contributed by atoms with Gasteiger partial charge in [0, 0.05) is 88.8 Å². The van der Waals surface area contributed by atoms with Gasteiger partial charge in [-0.3, -0.25) is 14.7 Å². The number of nitrogens with two attached hydrogens (primary N) is 1. The maximum Gasteiger partial charge on any atom is 1.00 e. The van der Waals surface area contributed by atoms with Crippen LogP contribution in [0.15, 0.2) is 77.9 Å². The van der Waals surface area contributed by atoms with Crippen LogP contribution in [0.2, 0.25) is 0 Å². The number of carbonyl (C=O) groups excluding carboxylic acids is 2. The zero-order valence-corrected chi connectivity index (χ0v) is 67.6. The Hall–Kier alpha value is -5.63. The largest absolute Gasteiger partial charge is 1.00 e. The molecule has 13 rings (SSSR count). The number of carboxylic acid groups (broad SMARTS) is 1. The zero-order valence-electron chi connectivity index (χ0n) is 64.2. The van der Waals surface area contributed by atoms with Gasteiger partial charge in [-0.15, -0.1) is 34.0 Å². The van der Waals surface area contributed by atoms with E-state index >= 15 is 0 Å². The van der Waals surface area contributed by atoms with Crippen LogP contribution in [0.25, 0.3) is 36.3 Å². The van der Waals surface area contributed by atoms with Crippen molar-refractivity contribution in [2.75, 3.05) is 84.3 Å². The summed E-state index contributed by atoms with van der Waals surface area (Å²) >= 11 is 5.14. The van der Waals surface area contributed by atoms with Gasteiger partial charge in [-0.25, -0.2) is 29.5 Å². The van der Waals surface area contributed by atoms with E-state index in [0.29, 0.717) is 67.1 Å². The Morgan fingerprint density at radius 2 is 1.10 bits per heavy atom. The summed E-state index contributed by atoms with van der Waals surface area (Å²) in [6.45, 7) is 21.3. The molecule has 4 fully saturated rings. The second-order valence-corrected chi connectivity index (χ2v) is 33.6. The van der Waals surface area contributed by atoms with Gasteiger partial charge in [-0.05, 0) is 220 Å². The number of ether oxygens (including phenoxy) is 1. The number of likely N-dealkylation sites (tertiary alicyclic amines) is 3. The Labute approximate surface area is 665 Å². The smallest absolute Gasteiger partial charge is 1.00 e. The van der Waals surface area contributed by atoms with Crippen LogP contribution in [0.3, 0.4) is 0 Å². The van der Waals surface area contributed by atoms with E-state index in [4.69, 9.17) is 35.5 Å². The van der Waals surface area contributed by atoms with Gasteiger partial charge in [0.25, 0.3) is 0 Å². The van der Waals surface area contributed by atoms with Crippen molar-refractivity contribution in [3.63, 3.8) is 0 Å². The average molecular weight is 1570 g/mol. The van der Waals surface area contributed by atoms with Crippen molar-refractivity contribution in [2.45, 2.75) is 199 Å². The summed E-state index contributed by atoms with van der Waals surface area (Å²) in [6.07, 6.45) is 0.0503. The van der Waals surface area contributed by atoms with Gasteiger partial charge < -0.3 is 37.0 Å². The SMILES string of the molecule is CCc1cc(CC(=O)C(=O)O)cnc1N.C[C@H]1CC=C(c2ccc3sc(C4CCN(CCC(F)(F)F)CC4)nc3c2)N(C(=O)OC(C)(C)C)C1.C[C@H]1CCC(c2ccc3sc(C4CCN(CCC(F)(F)F)CC4)nc3c2)=NC1.C[C@H]1CC[C@H](c2ccc3sc(C4CCN(CCC(F)(F)F)CC4)nc3c2)NC1.[B].[H-].[Na+]. The monoisotopic (exact) mass is 1570 g/mol. The molecule has 583 valence electrons. The number of hydrogen-bond acceptors (Lipinski definition) is 17. The third-order valence-corrected chi connectivity index (χ3v) is 24.1.